The minimum absolute atomic E-state index is 0.349. The van der Waals surface area contributed by atoms with E-state index >= 15 is 0 Å². The summed E-state index contributed by atoms with van der Waals surface area (Å²) in [5.74, 6) is -3.81. The van der Waals surface area contributed by atoms with Crippen molar-refractivity contribution in [3.8, 4) is 18.2 Å². The molecule has 0 aliphatic rings. The van der Waals surface area contributed by atoms with Crippen molar-refractivity contribution in [1.82, 2.24) is 0 Å². The maximum Gasteiger partial charge on any atom is 0.422 e. The van der Waals surface area contributed by atoms with Gasteiger partial charge in [0.15, 0.2) is 11.4 Å². The zero-order valence-corrected chi connectivity index (χ0v) is 9.89. The van der Waals surface area contributed by atoms with E-state index in [9.17, 15) is 22.0 Å². The van der Waals surface area contributed by atoms with E-state index in [0.717, 1.165) is 0 Å². The van der Waals surface area contributed by atoms with Crippen LogP contribution in [0.4, 0.5) is 27.6 Å². The number of alkyl halides is 3. The van der Waals surface area contributed by atoms with Crippen molar-refractivity contribution >= 4 is 5.69 Å². The van der Waals surface area contributed by atoms with Crippen LogP contribution in [0.5, 0.6) is 0 Å². The second-order valence-corrected chi connectivity index (χ2v) is 3.49. The van der Waals surface area contributed by atoms with Crippen molar-refractivity contribution in [2.75, 3.05) is 5.32 Å². The molecule has 0 aliphatic carbocycles. The van der Waals surface area contributed by atoms with Crippen LogP contribution >= 0.6 is 0 Å². The van der Waals surface area contributed by atoms with E-state index in [1.807, 2.05) is 5.32 Å². The summed E-state index contributed by atoms with van der Waals surface area (Å²) in [7, 11) is 0. The highest BCUT2D eigenvalue weighted by Crippen LogP contribution is 2.36. The first-order valence-corrected chi connectivity index (χ1v) is 5.03. The summed E-state index contributed by atoms with van der Waals surface area (Å²) in [4.78, 5) is 0. The molecule has 0 unspecified atom stereocenters. The lowest BCUT2D eigenvalue weighted by Gasteiger charge is -2.13. The summed E-state index contributed by atoms with van der Waals surface area (Å²) in [6, 6.07) is 4.92. The number of anilines is 1. The molecule has 1 aromatic carbocycles. The monoisotopic (exact) mass is 298 g/mol. The first-order valence-electron chi connectivity index (χ1n) is 5.03. The number of hydrogen-bond acceptors (Lipinski definition) is 4. The van der Waals surface area contributed by atoms with Gasteiger partial charge >= 0.3 is 6.18 Å². The molecule has 0 radical (unpaired) electrons. The number of benzene rings is 1. The van der Waals surface area contributed by atoms with Gasteiger partial charge in [-0.15, -0.1) is 0 Å². The van der Waals surface area contributed by atoms with Crippen LogP contribution < -0.4 is 5.32 Å². The quantitative estimate of drug-likeness (QED) is 0.671. The normalized spacial score (nSPS) is 10.0. The number of halogens is 5. The number of nitrogens with one attached hydrogen (secondary N) is 1. The van der Waals surface area contributed by atoms with Crippen molar-refractivity contribution in [2.24, 2.45) is 0 Å². The number of allylic oxidation sites excluding steroid dienone is 2. The standard InChI is InChI=1S/C12H3F5N4/c13-7-1-2-8(11(14)10(7)12(15,16)17)21-9(5-20)6(3-18)4-19/h1-2,21H. The van der Waals surface area contributed by atoms with E-state index in [1.165, 1.54) is 18.2 Å². The molecule has 0 aromatic heterocycles. The Bertz CT molecular complexity index is 712. The summed E-state index contributed by atoms with van der Waals surface area (Å²) in [5, 5.41) is 27.7. The molecule has 0 heterocycles. The highest BCUT2D eigenvalue weighted by atomic mass is 19.4. The fourth-order valence-corrected chi connectivity index (χ4v) is 1.33. The second-order valence-electron chi connectivity index (χ2n) is 3.49. The molecule has 9 heteroatoms. The van der Waals surface area contributed by atoms with Crippen molar-refractivity contribution < 1.29 is 22.0 Å². The van der Waals surface area contributed by atoms with Crippen molar-refractivity contribution in [3.63, 3.8) is 0 Å². The topological polar surface area (TPSA) is 83.4 Å². The predicted octanol–water partition coefficient (Wildman–Crippen LogP) is 3.22. The molecule has 0 saturated carbocycles. The van der Waals surface area contributed by atoms with Crippen LogP contribution in [0.2, 0.25) is 0 Å². The lowest BCUT2D eigenvalue weighted by molar-refractivity contribution is -0.142. The third kappa shape index (κ3) is 3.26. The Kier molecular flexibility index (Phi) is 4.47. The van der Waals surface area contributed by atoms with Crippen LogP contribution in [0, 0.1) is 45.6 Å². The first-order chi connectivity index (χ1) is 9.76. The van der Waals surface area contributed by atoms with Gasteiger partial charge in [-0.1, -0.05) is 0 Å². The summed E-state index contributed by atoms with van der Waals surface area (Å²) >= 11 is 0. The van der Waals surface area contributed by atoms with Gasteiger partial charge in [-0.3, -0.25) is 0 Å². The third-order valence-electron chi connectivity index (χ3n) is 2.22. The van der Waals surface area contributed by atoms with Crippen LogP contribution in [-0.4, -0.2) is 0 Å². The second kappa shape index (κ2) is 5.89. The summed E-state index contributed by atoms with van der Waals surface area (Å²) in [6.45, 7) is 0. The van der Waals surface area contributed by atoms with Crippen LogP contribution in [0.3, 0.4) is 0 Å². The fourth-order valence-electron chi connectivity index (χ4n) is 1.33. The molecule has 0 aliphatic heterocycles. The number of nitriles is 3. The zero-order chi connectivity index (χ0) is 16.2. The molecule has 1 rings (SSSR count). The Morgan fingerprint density at radius 2 is 1.57 bits per heavy atom. The van der Waals surface area contributed by atoms with Gasteiger partial charge in [0.2, 0.25) is 0 Å². The molecule has 0 spiro atoms. The maximum absolute atomic E-state index is 13.7. The van der Waals surface area contributed by atoms with Gasteiger partial charge in [-0.05, 0) is 12.1 Å². The van der Waals surface area contributed by atoms with E-state index < -0.39 is 40.3 Å². The highest BCUT2D eigenvalue weighted by Gasteiger charge is 2.38. The molecule has 106 valence electrons. The molecule has 4 nitrogen and oxygen atoms in total. The zero-order valence-electron chi connectivity index (χ0n) is 9.89. The minimum atomic E-state index is -5.28. The smallest absolute Gasteiger partial charge is 0.343 e. The van der Waals surface area contributed by atoms with Gasteiger partial charge in [-0.25, -0.2) is 8.78 Å². The molecular formula is C12H3F5N4. The largest absolute Gasteiger partial charge is 0.422 e. The molecule has 0 atom stereocenters. The molecule has 0 bridgehead atoms. The first kappa shape index (κ1) is 15.9. The summed E-state index contributed by atoms with van der Waals surface area (Å²) in [6.07, 6.45) is -5.28. The maximum atomic E-state index is 13.7. The van der Waals surface area contributed by atoms with Crippen molar-refractivity contribution in [2.45, 2.75) is 6.18 Å². The van der Waals surface area contributed by atoms with Gasteiger partial charge in [0.1, 0.15) is 35.3 Å². The van der Waals surface area contributed by atoms with E-state index in [2.05, 4.69) is 0 Å². The summed E-state index contributed by atoms with van der Waals surface area (Å²) in [5.41, 5.74) is -4.53. The average Bonchev–Trinajstić information content (AvgIpc) is 2.39. The van der Waals surface area contributed by atoms with Gasteiger partial charge in [0, 0.05) is 0 Å². The fraction of sp³-hybridized carbons (Fsp3) is 0.0833. The lowest BCUT2D eigenvalue weighted by atomic mass is 10.1. The van der Waals surface area contributed by atoms with E-state index in [0.29, 0.717) is 12.1 Å². The third-order valence-corrected chi connectivity index (χ3v) is 2.22. The molecule has 1 N–H and O–H groups in total. The predicted molar refractivity (Wildman–Crippen MR) is 58.8 cm³/mol. The van der Waals surface area contributed by atoms with E-state index in [-0.39, 0.29) is 0 Å². The molecular weight excluding hydrogens is 295 g/mol. The highest BCUT2D eigenvalue weighted by molar-refractivity contribution is 5.60. The minimum Gasteiger partial charge on any atom is -0.343 e. The van der Waals surface area contributed by atoms with Gasteiger partial charge in [0.05, 0.1) is 5.69 Å². The van der Waals surface area contributed by atoms with Crippen LogP contribution in [0.15, 0.2) is 23.4 Å². The number of rotatable bonds is 2. The van der Waals surface area contributed by atoms with Crippen LogP contribution in [0.1, 0.15) is 5.56 Å². The Hall–Kier alpha value is -3.12. The average molecular weight is 298 g/mol. The van der Waals surface area contributed by atoms with Crippen molar-refractivity contribution in [3.05, 3.63) is 40.6 Å². The summed E-state index contributed by atoms with van der Waals surface area (Å²) < 4.78 is 64.3. The molecule has 21 heavy (non-hydrogen) atoms. The van der Waals surface area contributed by atoms with Crippen molar-refractivity contribution in [1.29, 1.82) is 15.8 Å². The van der Waals surface area contributed by atoms with Crippen LogP contribution in [0.25, 0.3) is 0 Å². The van der Waals surface area contributed by atoms with Crippen LogP contribution in [-0.2, 0) is 6.18 Å². The number of hydrogen-bond donors (Lipinski definition) is 1. The van der Waals surface area contributed by atoms with E-state index in [4.69, 9.17) is 15.8 Å². The molecule has 0 saturated heterocycles. The van der Waals surface area contributed by atoms with Gasteiger partial charge in [-0.2, -0.15) is 29.0 Å². The Morgan fingerprint density at radius 3 is 2.00 bits per heavy atom. The molecule has 0 amide bonds. The van der Waals surface area contributed by atoms with Gasteiger partial charge in [0.25, 0.3) is 0 Å². The SMILES string of the molecule is N#CC(C#N)=C(C#N)Nc1ccc(F)c(C(F)(F)F)c1F. The Labute approximate surface area is 114 Å². The lowest BCUT2D eigenvalue weighted by Crippen LogP contribution is -2.14. The van der Waals surface area contributed by atoms with E-state index in [1.54, 1.807) is 0 Å². The molecule has 1 aromatic rings. The molecule has 0 fully saturated rings. The number of nitrogens with zero attached hydrogens (tertiary/aromatic N) is 3. The Balaban J connectivity index is 3.44. The Morgan fingerprint density at radius 1 is 1.00 bits per heavy atom. The van der Waals surface area contributed by atoms with Gasteiger partial charge < -0.3 is 5.32 Å².